The van der Waals surface area contributed by atoms with Gasteiger partial charge in [0.25, 0.3) is 0 Å². The van der Waals surface area contributed by atoms with Gasteiger partial charge in [0.05, 0.1) is 17.4 Å². The Bertz CT molecular complexity index is 796. The largest absolute Gasteiger partial charge is 0.417 e. The van der Waals surface area contributed by atoms with E-state index in [9.17, 15) is 9.18 Å². The maximum absolute atomic E-state index is 12.8. The Morgan fingerprint density at radius 1 is 1.24 bits per heavy atom. The molecule has 0 aliphatic carbocycles. The molecule has 0 atom stereocenters. The Hall–Kier alpha value is -2.89. The summed E-state index contributed by atoms with van der Waals surface area (Å²) in [6.07, 6.45) is 1.05. The van der Waals surface area contributed by atoms with Crippen molar-refractivity contribution in [3.8, 4) is 5.75 Å². The lowest BCUT2D eigenvalue weighted by Crippen LogP contribution is -2.16. The van der Waals surface area contributed by atoms with E-state index in [4.69, 9.17) is 4.74 Å². The number of fused-ring (bicyclic) bond motifs is 1. The molecular weight excluding hydrogens is 273 g/mol. The number of amides is 1. The van der Waals surface area contributed by atoms with Crippen LogP contribution in [0.25, 0.3) is 11.0 Å². The van der Waals surface area contributed by atoms with Gasteiger partial charge >= 0.3 is 6.09 Å². The van der Waals surface area contributed by atoms with Gasteiger partial charge in [-0.05, 0) is 36.4 Å². The molecule has 21 heavy (non-hydrogen) atoms. The molecule has 0 spiro atoms. The van der Waals surface area contributed by atoms with Crippen molar-refractivity contribution in [2.24, 2.45) is 7.05 Å². The molecule has 5 nitrogen and oxygen atoms in total. The highest BCUT2D eigenvalue weighted by Crippen LogP contribution is 2.19. The molecule has 2 aromatic carbocycles. The zero-order valence-corrected chi connectivity index (χ0v) is 11.2. The summed E-state index contributed by atoms with van der Waals surface area (Å²) in [6.45, 7) is 0. The number of benzene rings is 2. The summed E-state index contributed by atoms with van der Waals surface area (Å²) in [6, 6.07) is 10.6. The third kappa shape index (κ3) is 2.84. The summed E-state index contributed by atoms with van der Waals surface area (Å²) in [5, 5.41) is 2.52. The summed E-state index contributed by atoms with van der Waals surface area (Å²) < 4.78 is 19.8. The lowest BCUT2D eigenvalue weighted by atomic mass is 10.3. The van der Waals surface area contributed by atoms with E-state index in [2.05, 4.69) is 10.3 Å². The maximum atomic E-state index is 12.8. The van der Waals surface area contributed by atoms with Gasteiger partial charge in [-0.2, -0.15) is 0 Å². The van der Waals surface area contributed by atoms with Crippen LogP contribution in [0.2, 0.25) is 0 Å². The van der Waals surface area contributed by atoms with Gasteiger partial charge in [0.15, 0.2) is 0 Å². The van der Waals surface area contributed by atoms with Gasteiger partial charge in [-0.15, -0.1) is 0 Å². The third-order valence-electron chi connectivity index (χ3n) is 3.00. The van der Waals surface area contributed by atoms with E-state index in [1.165, 1.54) is 24.3 Å². The molecule has 1 heterocycles. The van der Waals surface area contributed by atoms with Crippen LogP contribution in [0.15, 0.2) is 48.8 Å². The van der Waals surface area contributed by atoms with Crippen LogP contribution in [0.5, 0.6) is 5.75 Å². The van der Waals surface area contributed by atoms with E-state index < -0.39 is 6.09 Å². The van der Waals surface area contributed by atoms with Crippen LogP contribution < -0.4 is 10.1 Å². The van der Waals surface area contributed by atoms with E-state index in [0.29, 0.717) is 11.4 Å². The van der Waals surface area contributed by atoms with Crippen molar-refractivity contribution < 1.29 is 13.9 Å². The smallest absolute Gasteiger partial charge is 0.410 e. The molecular formula is C15H12FN3O2. The van der Waals surface area contributed by atoms with Crippen LogP contribution in [-0.2, 0) is 7.05 Å². The highest BCUT2D eigenvalue weighted by molar-refractivity contribution is 5.87. The first-order valence-electron chi connectivity index (χ1n) is 6.27. The molecule has 6 heteroatoms. The zero-order valence-electron chi connectivity index (χ0n) is 11.2. The SMILES string of the molecule is Cn1cnc2cc(OC(=O)Nc3ccc(F)cc3)ccc21. The summed E-state index contributed by atoms with van der Waals surface area (Å²) in [7, 11) is 1.89. The molecule has 3 rings (SSSR count). The predicted octanol–water partition coefficient (Wildman–Crippen LogP) is 3.32. The zero-order chi connectivity index (χ0) is 14.8. The van der Waals surface area contributed by atoms with Gasteiger partial charge in [0.2, 0.25) is 0 Å². The number of hydrogen-bond acceptors (Lipinski definition) is 3. The molecule has 0 saturated heterocycles. The Balaban J connectivity index is 1.72. The fourth-order valence-electron chi connectivity index (χ4n) is 1.96. The lowest BCUT2D eigenvalue weighted by molar-refractivity contribution is 0.215. The number of aromatic nitrogens is 2. The minimum absolute atomic E-state index is 0.366. The minimum Gasteiger partial charge on any atom is -0.410 e. The molecule has 1 amide bonds. The molecule has 0 saturated carbocycles. The van der Waals surface area contributed by atoms with Gasteiger partial charge in [-0.3, -0.25) is 5.32 Å². The number of aryl methyl sites for hydroxylation is 1. The standard InChI is InChI=1S/C15H12FN3O2/c1-19-9-17-13-8-12(6-7-14(13)19)21-15(20)18-11-4-2-10(16)3-5-11/h2-9H,1H3,(H,18,20). The number of carbonyl (C=O) groups excluding carboxylic acids is 1. The molecule has 1 N–H and O–H groups in total. The van der Waals surface area contributed by atoms with E-state index in [1.54, 1.807) is 18.5 Å². The summed E-state index contributed by atoms with van der Waals surface area (Å²) in [4.78, 5) is 15.9. The molecule has 106 valence electrons. The highest BCUT2D eigenvalue weighted by Gasteiger charge is 2.07. The Morgan fingerprint density at radius 2 is 2.00 bits per heavy atom. The Morgan fingerprint density at radius 3 is 2.76 bits per heavy atom. The van der Waals surface area contributed by atoms with Crippen LogP contribution >= 0.6 is 0 Å². The molecule has 0 unspecified atom stereocenters. The number of halogens is 1. The number of nitrogens with one attached hydrogen (secondary N) is 1. The molecule has 0 aliphatic rings. The van der Waals surface area contributed by atoms with Crippen molar-refractivity contribution in [3.05, 3.63) is 54.6 Å². The Kier molecular flexibility index (Phi) is 3.27. The van der Waals surface area contributed by atoms with Crippen LogP contribution in [0, 0.1) is 5.82 Å². The van der Waals surface area contributed by atoms with E-state index in [0.717, 1.165) is 11.0 Å². The molecule has 0 radical (unpaired) electrons. The van der Waals surface area contributed by atoms with Gasteiger partial charge < -0.3 is 9.30 Å². The average Bonchev–Trinajstić information content (AvgIpc) is 2.82. The number of imidazole rings is 1. The first-order chi connectivity index (χ1) is 10.1. The number of ether oxygens (including phenoxy) is 1. The van der Waals surface area contributed by atoms with E-state index in [1.807, 2.05) is 17.7 Å². The van der Waals surface area contributed by atoms with Crippen molar-refractivity contribution in [2.75, 3.05) is 5.32 Å². The summed E-state index contributed by atoms with van der Waals surface area (Å²) in [5.41, 5.74) is 2.14. The lowest BCUT2D eigenvalue weighted by Gasteiger charge is -2.06. The van der Waals surface area contributed by atoms with Crippen LogP contribution in [-0.4, -0.2) is 15.6 Å². The number of hydrogen-bond donors (Lipinski definition) is 1. The average molecular weight is 285 g/mol. The fraction of sp³-hybridized carbons (Fsp3) is 0.0667. The quantitative estimate of drug-likeness (QED) is 0.785. The number of anilines is 1. The second-order valence-corrected chi connectivity index (χ2v) is 4.53. The van der Waals surface area contributed by atoms with Crippen molar-refractivity contribution in [2.45, 2.75) is 0 Å². The predicted molar refractivity (Wildman–Crippen MR) is 76.8 cm³/mol. The van der Waals surface area contributed by atoms with Crippen LogP contribution in [0.1, 0.15) is 0 Å². The topological polar surface area (TPSA) is 56.2 Å². The molecule has 0 aliphatic heterocycles. The van der Waals surface area contributed by atoms with Crippen LogP contribution in [0.3, 0.4) is 0 Å². The van der Waals surface area contributed by atoms with Gasteiger partial charge in [0.1, 0.15) is 11.6 Å². The Labute approximate surface area is 120 Å². The molecule has 3 aromatic rings. The normalized spacial score (nSPS) is 10.6. The van der Waals surface area contributed by atoms with E-state index >= 15 is 0 Å². The van der Waals surface area contributed by atoms with Gasteiger partial charge in [-0.25, -0.2) is 14.2 Å². The summed E-state index contributed by atoms with van der Waals surface area (Å²) in [5.74, 6) is 0.0235. The maximum Gasteiger partial charge on any atom is 0.417 e. The van der Waals surface area contributed by atoms with Gasteiger partial charge in [-0.1, -0.05) is 0 Å². The highest BCUT2D eigenvalue weighted by atomic mass is 19.1. The van der Waals surface area contributed by atoms with Crippen molar-refractivity contribution in [1.82, 2.24) is 9.55 Å². The van der Waals surface area contributed by atoms with Gasteiger partial charge in [0, 0.05) is 18.8 Å². The van der Waals surface area contributed by atoms with Crippen molar-refractivity contribution >= 4 is 22.8 Å². The number of nitrogens with zero attached hydrogens (tertiary/aromatic N) is 2. The second-order valence-electron chi connectivity index (χ2n) is 4.53. The minimum atomic E-state index is -0.642. The fourth-order valence-corrected chi connectivity index (χ4v) is 1.96. The first-order valence-corrected chi connectivity index (χ1v) is 6.27. The molecule has 1 aromatic heterocycles. The second kappa shape index (κ2) is 5.24. The number of carbonyl (C=O) groups is 1. The molecule has 0 bridgehead atoms. The number of rotatable bonds is 2. The third-order valence-corrected chi connectivity index (χ3v) is 3.00. The molecule has 0 fully saturated rings. The first kappa shape index (κ1) is 13.1. The van der Waals surface area contributed by atoms with E-state index in [-0.39, 0.29) is 5.82 Å². The summed E-state index contributed by atoms with van der Waals surface area (Å²) >= 11 is 0. The van der Waals surface area contributed by atoms with Crippen molar-refractivity contribution in [3.63, 3.8) is 0 Å². The monoisotopic (exact) mass is 285 g/mol. The van der Waals surface area contributed by atoms with Crippen molar-refractivity contribution in [1.29, 1.82) is 0 Å². The van der Waals surface area contributed by atoms with Crippen LogP contribution in [0.4, 0.5) is 14.9 Å².